The van der Waals surface area contributed by atoms with Crippen molar-refractivity contribution in [1.82, 2.24) is 5.43 Å². The maximum Gasteiger partial charge on any atom is 0.168 e. The number of aliphatic hydroxyl groups excluding tert-OH is 1. The maximum atomic E-state index is 11.5. The summed E-state index contributed by atoms with van der Waals surface area (Å²) in [6.07, 6.45) is -1.06. The minimum Gasteiger partial charge on any atom is -0.383 e. The normalized spacial score (nSPS) is 16.1. The average Bonchev–Trinajstić information content (AvgIpc) is 2.14. The highest BCUT2D eigenvalue weighted by Gasteiger charge is 2.28. The van der Waals surface area contributed by atoms with Crippen molar-refractivity contribution in [2.75, 3.05) is 13.2 Å². The van der Waals surface area contributed by atoms with E-state index in [1.165, 1.54) is 0 Å². The standard InChI is InChI=1S/C10H22N2O3/c1-7(12-11)5-15-6-8(13)9(14)10(2,3)4/h7-8,12-13H,5-6,11H2,1-4H3. The van der Waals surface area contributed by atoms with Crippen molar-refractivity contribution in [3.8, 4) is 0 Å². The Morgan fingerprint density at radius 2 is 2.00 bits per heavy atom. The van der Waals surface area contributed by atoms with Gasteiger partial charge in [0.1, 0.15) is 6.10 Å². The number of ketones is 1. The highest BCUT2D eigenvalue weighted by atomic mass is 16.5. The Bertz CT molecular complexity index is 201. The number of carbonyl (C=O) groups is 1. The third-order valence-corrected chi connectivity index (χ3v) is 1.97. The summed E-state index contributed by atoms with van der Waals surface area (Å²) < 4.78 is 5.15. The van der Waals surface area contributed by atoms with Gasteiger partial charge in [0.15, 0.2) is 5.78 Å². The summed E-state index contributed by atoms with van der Waals surface area (Å²) in [4.78, 5) is 11.5. The number of nitrogens with two attached hydrogens (primary N) is 1. The molecule has 4 N–H and O–H groups in total. The lowest BCUT2D eigenvalue weighted by Gasteiger charge is -2.21. The number of hydrazine groups is 1. The Labute approximate surface area is 91.0 Å². The maximum absolute atomic E-state index is 11.5. The fraction of sp³-hybridized carbons (Fsp3) is 0.900. The third kappa shape index (κ3) is 5.84. The molecule has 0 aliphatic heterocycles. The van der Waals surface area contributed by atoms with Crippen LogP contribution in [0.1, 0.15) is 27.7 Å². The lowest BCUT2D eigenvalue weighted by atomic mass is 9.88. The Kier molecular flexibility index (Phi) is 5.97. The number of Topliss-reactive ketones (excluding diaryl/α,β-unsaturated/α-hetero) is 1. The van der Waals surface area contributed by atoms with Crippen LogP contribution in [0, 0.1) is 5.41 Å². The van der Waals surface area contributed by atoms with Gasteiger partial charge >= 0.3 is 0 Å². The van der Waals surface area contributed by atoms with Crippen molar-refractivity contribution in [1.29, 1.82) is 0 Å². The van der Waals surface area contributed by atoms with Crippen molar-refractivity contribution >= 4 is 5.78 Å². The number of aliphatic hydroxyl groups is 1. The van der Waals surface area contributed by atoms with Crippen LogP contribution in [0.25, 0.3) is 0 Å². The molecule has 0 saturated heterocycles. The largest absolute Gasteiger partial charge is 0.383 e. The summed E-state index contributed by atoms with van der Waals surface area (Å²) in [6, 6.07) is 0.00180. The molecule has 0 aliphatic rings. The summed E-state index contributed by atoms with van der Waals surface area (Å²) in [5, 5.41) is 9.51. The van der Waals surface area contributed by atoms with Crippen molar-refractivity contribution in [2.24, 2.45) is 11.3 Å². The van der Waals surface area contributed by atoms with E-state index in [2.05, 4.69) is 5.43 Å². The van der Waals surface area contributed by atoms with Gasteiger partial charge in [-0.3, -0.25) is 16.1 Å². The second-order valence-electron chi connectivity index (χ2n) is 4.74. The van der Waals surface area contributed by atoms with Gasteiger partial charge in [0.05, 0.1) is 13.2 Å². The van der Waals surface area contributed by atoms with Gasteiger partial charge in [0, 0.05) is 11.5 Å². The first-order valence-corrected chi connectivity index (χ1v) is 5.05. The number of hydrogen-bond acceptors (Lipinski definition) is 5. The summed E-state index contributed by atoms with van der Waals surface area (Å²) in [7, 11) is 0. The molecule has 0 saturated carbocycles. The molecule has 0 aromatic rings. The topological polar surface area (TPSA) is 84.6 Å². The fourth-order valence-electron chi connectivity index (χ4n) is 0.980. The van der Waals surface area contributed by atoms with Gasteiger partial charge in [0.2, 0.25) is 0 Å². The molecule has 0 bridgehead atoms. The quantitative estimate of drug-likeness (QED) is 0.426. The molecular formula is C10H22N2O3. The molecule has 0 spiro atoms. The summed E-state index contributed by atoms with van der Waals surface area (Å²) >= 11 is 0. The van der Waals surface area contributed by atoms with E-state index in [0.29, 0.717) is 6.61 Å². The molecule has 5 nitrogen and oxygen atoms in total. The van der Waals surface area contributed by atoms with Gasteiger partial charge in [-0.25, -0.2) is 0 Å². The summed E-state index contributed by atoms with van der Waals surface area (Å²) in [6.45, 7) is 7.53. The Morgan fingerprint density at radius 3 is 2.40 bits per heavy atom. The second kappa shape index (κ2) is 6.17. The van der Waals surface area contributed by atoms with E-state index in [1.54, 1.807) is 20.8 Å². The van der Waals surface area contributed by atoms with Gasteiger partial charge in [0.25, 0.3) is 0 Å². The van der Waals surface area contributed by atoms with Gasteiger partial charge in [-0.1, -0.05) is 20.8 Å². The van der Waals surface area contributed by atoms with Gasteiger partial charge in [-0.05, 0) is 6.92 Å². The van der Waals surface area contributed by atoms with Crippen LogP contribution in [0.15, 0.2) is 0 Å². The number of rotatable bonds is 6. The molecule has 2 unspecified atom stereocenters. The van der Waals surface area contributed by atoms with Crippen LogP contribution in [0.3, 0.4) is 0 Å². The third-order valence-electron chi connectivity index (χ3n) is 1.97. The zero-order valence-corrected chi connectivity index (χ0v) is 9.91. The first-order valence-electron chi connectivity index (χ1n) is 5.05. The Hall–Kier alpha value is -0.490. The molecule has 0 rings (SSSR count). The second-order valence-corrected chi connectivity index (χ2v) is 4.74. The van der Waals surface area contributed by atoms with E-state index in [1.807, 2.05) is 6.92 Å². The highest BCUT2D eigenvalue weighted by Crippen LogP contribution is 2.16. The fourth-order valence-corrected chi connectivity index (χ4v) is 0.980. The van der Waals surface area contributed by atoms with E-state index >= 15 is 0 Å². The molecule has 0 radical (unpaired) electrons. The molecule has 0 amide bonds. The van der Waals surface area contributed by atoms with Crippen LogP contribution >= 0.6 is 0 Å². The van der Waals surface area contributed by atoms with Crippen LogP contribution in [0.4, 0.5) is 0 Å². The smallest absolute Gasteiger partial charge is 0.168 e. The van der Waals surface area contributed by atoms with E-state index in [0.717, 1.165) is 0 Å². The molecule has 90 valence electrons. The zero-order chi connectivity index (χ0) is 12.1. The molecular weight excluding hydrogens is 196 g/mol. The SMILES string of the molecule is CC(COCC(O)C(=O)C(C)(C)C)NN. The molecule has 0 aromatic carbocycles. The number of ether oxygens (including phenoxy) is 1. The molecule has 2 atom stereocenters. The molecule has 0 aliphatic carbocycles. The Balaban J connectivity index is 3.85. The monoisotopic (exact) mass is 218 g/mol. The van der Waals surface area contributed by atoms with E-state index in [4.69, 9.17) is 10.6 Å². The molecule has 0 fully saturated rings. The predicted molar refractivity (Wildman–Crippen MR) is 58.1 cm³/mol. The molecule has 0 heterocycles. The number of nitrogens with one attached hydrogen (secondary N) is 1. The van der Waals surface area contributed by atoms with E-state index in [9.17, 15) is 9.90 Å². The minimum absolute atomic E-state index is 0.00180. The van der Waals surface area contributed by atoms with Crippen molar-refractivity contribution < 1.29 is 14.6 Å². The van der Waals surface area contributed by atoms with Gasteiger partial charge in [-0.2, -0.15) is 0 Å². The lowest BCUT2D eigenvalue weighted by molar-refractivity contribution is -0.138. The number of carbonyl (C=O) groups excluding carboxylic acids is 1. The zero-order valence-electron chi connectivity index (χ0n) is 9.91. The minimum atomic E-state index is -1.06. The van der Waals surface area contributed by atoms with Crippen LogP contribution in [-0.4, -0.2) is 36.2 Å². The van der Waals surface area contributed by atoms with Crippen molar-refractivity contribution in [3.05, 3.63) is 0 Å². The molecule has 5 heteroatoms. The molecule has 15 heavy (non-hydrogen) atoms. The van der Waals surface area contributed by atoms with Crippen molar-refractivity contribution in [3.63, 3.8) is 0 Å². The number of hydrogen-bond donors (Lipinski definition) is 3. The summed E-state index contributed by atoms with van der Waals surface area (Å²) in [5.41, 5.74) is 1.97. The van der Waals surface area contributed by atoms with E-state index < -0.39 is 11.5 Å². The Morgan fingerprint density at radius 1 is 1.47 bits per heavy atom. The predicted octanol–water partition coefficient (Wildman–Crippen LogP) is -0.169. The highest BCUT2D eigenvalue weighted by molar-refractivity contribution is 5.87. The summed E-state index contributed by atoms with van der Waals surface area (Å²) in [5.74, 6) is 4.95. The molecule has 0 aromatic heterocycles. The van der Waals surface area contributed by atoms with Crippen molar-refractivity contribution in [2.45, 2.75) is 39.8 Å². The first kappa shape index (κ1) is 14.5. The average molecular weight is 218 g/mol. The van der Waals surface area contributed by atoms with Gasteiger partial charge in [-0.15, -0.1) is 0 Å². The van der Waals surface area contributed by atoms with Crippen LogP contribution in [0.5, 0.6) is 0 Å². The first-order chi connectivity index (χ1) is 6.79. The van der Waals surface area contributed by atoms with Crippen LogP contribution < -0.4 is 11.3 Å². The van der Waals surface area contributed by atoms with Crippen LogP contribution in [-0.2, 0) is 9.53 Å². The van der Waals surface area contributed by atoms with E-state index in [-0.39, 0.29) is 18.4 Å². The van der Waals surface area contributed by atoms with Crippen LogP contribution in [0.2, 0.25) is 0 Å². The lowest BCUT2D eigenvalue weighted by Crippen LogP contribution is -2.39. The van der Waals surface area contributed by atoms with Gasteiger partial charge < -0.3 is 9.84 Å².